The van der Waals surface area contributed by atoms with Crippen LogP contribution in [0.1, 0.15) is 18.9 Å². The molecule has 17 heavy (non-hydrogen) atoms. The Balaban J connectivity index is 2.62. The molecule has 0 bridgehead atoms. The highest BCUT2D eigenvalue weighted by Crippen LogP contribution is 2.23. The van der Waals surface area contributed by atoms with Gasteiger partial charge in [-0.25, -0.2) is 0 Å². The van der Waals surface area contributed by atoms with Crippen molar-refractivity contribution in [3.8, 4) is 5.75 Å². The van der Waals surface area contributed by atoms with Gasteiger partial charge in [0.15, 0.2) is 0 Å². The summed E-state index contributed by atoms with van der Waals surface area (Å²) in [6.07, 6.45) is -2.92. The summed E-state index contributed by atoms with van der Waals surface area (Å²) in [6.45, 7) is 2.04. The minimum Gasteiger partial charge on any atom is -0.406 e. The zero-order chi connectivity index (χ0) is 12.9. The van der Waals surface area contributed by atoms with Crippen molar-refractivity contribution in [2.24, 2.45) is 5.92 Å². The normalized spacial score (nSPS) is 13.5. The molecule has 1 nitrogen and oxygen atoms in total. The average Bonchev–Trinajstić information content (AvgIpc) is 2.26. The van der Waals surface area contributed by atoms with Crippen molar-refractivity contribution in [1.82, 2.24) is 0 Å². The highest BCUT2D eigenvalue weighted by Gasteiger charge is 2.30. The van der Waals surface area contributed by atoms with Gasteiger partial charge in [0.2, 0.25) is 0 Å². The van der Waals surface area contributed by atoms with Crippen LogP contribution in [0.5, 0.6) is 5.75 Å². The number of halogens is 4. The fourth-order valence-electron chi connectivity index (χ4n) is 1.47. The first-order valence-electron chi connectivity index (χ1n) is 5.35. The summed E-state index contributed by atoms with van der Waals surface area (Å²) in [4.78, 5) is 0. The summed E-state index contributed by atoms with van der Waals surface area (Å²) >= 11 is 5.76. The average molecular weight is 267 g/mol. The van der Waals surface area contributed by atoms with Gasteiger partial charge in [-0.1, -0.05) is 25.5 Å². The Morgan fingerprint density at radius 2 is 1.82 bits per heavy atom. The van der Waals surface area contributed by atoms with Crippen LogP contribution < -0.4 is 4.74 Å². The number of alkyl halides is 4. The lowest BCUT2D eigenvalue weighted by Crippen LogP contribution is -2.17. The molecule has 1 aromatic rings. The quantitative estimate of drug-likeness (QED) is 0.718. The van der Waals surface area contributed by atoms with Gasteiger partial charge in [-0.2, -0.15) is 0 Å². The molecule has 0 aliphatic rings. The van der Waals surface area contributed by atoms with Crippen LogP contribution in [0, 0.1) is 5.92 Å². The van der Waals surface area contributed by atoms with Crippen LogP contribution in [0.3, 0.4) is 0 Å². The van der Waals surface area contributed by atoms with Gasteiger partial charge in [-0.05, 0) is 30.0 Å². The van der Waals surface area contributed by atoms with Crippen molar-refractivity contribution >= 4 is 11.6 Å². The van der Waals surface area contributed by atoms with Gasteiger partial charge in [-0.3, -0.25) is 0 Å². The summed E-state index contributed by atoms with van der Waals surface area (Å²) in [7, 11) is 0. The lowest BCUT2D eigenvalue weighted by molar-refractivity contribution is -0.274. The molecule has 0 radical (unpaired) electrons. The molecule has 0 amide bonds. The monoisotopic (exact) mass is 266 g/mol. The smallest absolute Gasteiger partial charge is 0.406 e. The Kier molecular flexibility index (Phi) is 5.12. The van der Waals surface area contributed by atoms with Crippen molar-refractivity contribution in [3.05, 3.63) is 29.8 Å². The Labute approximate surface area is 104 Å². The first-order valence-corrected chi connectivity index (χ1v) is 5.88. The van der Waals surface area contributed by atoms with Gasteiger partial charge in [0, 0.05) is 5.88 Å². The zero-order valence-electron chi connectivity index (χ0n) is 9.43. The molecule has 1 unspecified atom stereocenters. The van der Waals surface area contributed by atoms with E-state index in [4.69, 9.17) is 11.6 Å². The Morgan fingerprint density at radius 3 is 2.24 bits per heavy atom. The molecule has 0 aliphatic carbocycles. The lowest BCUT2D eigenvalue weighted by atomic mass is 9.99. The third-order valence-electron chi connectivity index (χ3n) is 2.48. The highest BCUT2D eigenvalue weighted by molar-refractivity contribution is 6.18. The molecule has 0 saturated heterocycles. The van der Waals surface area contributed by atoms with Gasteiger partial charge in [-0.15, -0.1) is 24.8 Å². The van der Waals surface area contributed by atoms with Gasteiger partial charge in [0.1, 0.15) is 5.75 Å². The zero-order valence-corrected chi connectivity index (χ0v) is 10.2. The summed E-state index contributed by atoms with van der Waals surface area (Å²) in [6, 6.07) is 5.92. The molecule has 0 fully saturated rings. The summed E-state index contributed by atoms with van der Waals surface area (Å²) in [5, 5.41) is 0. The summed E-state index contributed by atoms with van der Waals surface area (Å²) < 4.78 is 39.6. The second-order valence-electron chi connectivity index (χ2n) is 3.82. The number of benzene rings is 1. The van der Waals surface area contributed by atoms with E-state index in [-0.39, 0.29) is 5.75 Å². The maximum absolute atomic E-state index is 11.9. The molecule has 0 aromatic heterocycles. The van der Waals surface area contributed by atoms with Crippen molar-refractivity contribution in [3.63, 3.8) is 0 Å². The van der Waals surface area contributed by atoms with E-state index in [1.54, 1.807) is 12.1 Å². The van der Waals surface area contributed by atoms with Crippen LogP contribution in [-0.4, -0.2) is 12.2 Å². The van der Waals surface area contributed by atoms with E-state index in [1.165, 1.54) is 12.1 Å². The fourth-order valence-corrected chi connectivity index (χ4v) is 1.80. The summed E-state index contributed by atoms with van der Waals surface area (Å²) in [5.74, 6) is 0.711. The van der Waals surface area contributed by atoms with Gasteiger partial charge in [0.25, 0.3) is 0 Å². The summed E-state index contributed by atoms with van der Waals surface area (Å²) in [5.41, 5.74) is 0.965. The number of rotatable bonds is 5. The second kappa shape index (κ2) is 6.15. The van der Waals surface area contributed by atoms with Gasteiger partial charge < -0.3 is 4.74 Å². The predicted octanol–water partition coefficient (Wildman–Crippen LogP) is 4.39. The van der Waals surface area contributed by atoms with E-state index >= 15 is 0 Å². The van der Waals surface area contributed by atoms with Crippen molar-refractivity contribution in [2.75, 3.05) is 5.88 Å². The molecule has 5 heteroatoms. The second-order valence-corrected chi connectivity index (χ2v) is 4.13. The molecular weight excluding hydrogens is 253 g/mol. The van der Waals surface area contributed by atoms with Crippen LogP contribution in [-0.2, 0) is 6.42 Å². The first kappa shape index (κ1) is 14.2. The molecule has 0 N–H and O–H groups in total. The van der Waals surface area contributed by atoms with Crippen LogP contribution in [0.15, 0.2) is 24.3 Å². The minimum atomic E-state index is -4.64. The molecule has 1 atom stereocenters. The van der Waals surface area contributed by atoms with E-state index in [9.17, 15) is 13.2 Å². The van der Waals surface area contributed by atoms with Gasteiger partial charge >= 0.3 is 6.36 Å². The van der Waals surface area contributed by atoms with Gasteiger partial charge in [0.05, 0.1) is 0 Å². The van der Waals surface area contributed by atoms with Crippen molar-refractivity contribution in [2.45, 2.75) is 26.1 Å². The molecule has 96 valence electrons. The largest absolute Gasteiger partial charge is 0.573 e. The van der Waals surface area contributed by atoms with Crippen LogP contribution in [0.25, 0.3) is 0 Å². The number of hydrogen-bond donors (Lipinski definition) is 0. The molecule has 1 aromatic carbocycles. The Hall–Kier alpha value is -0.900. The maximum Gasteiger partial charge on any atom is 0.573 e. The standard InChI is InChI=1S/C12H14ClF3O/c1-2-9(8-13)7-10-3-5-11(6-4-10)17-12(14,15)16/h3-6,9H,2,7-8H2,1H3. The van der Waals surface area contributed by atoms with Crippen molar-refractivity contribution < 1.29 is 17.9 Å². The van der Waals surface area contributed by atoms with Crippen LogP contribution in [0.2, 0.25) is 0 Å². The van der Waals surface area contributed by atoms with Crippen LogP contribution in [0.4, 0.5) is 13.2 Å². The first-order chi connectivity index (χ1) is 7.94. The molecule has 0 heterocycles. The SMILES string of the molecule is CCC(CCl)Cc1ccc(OC(F)(F)F)cc1. The Morgan fingerprint density at radius 1 is 1.24 bits per heavy atom. The third kappa shape index (κ3) is 5.31. The van der Waals surface area contributed by atoms with E-state index in [2.05, 4.69) is 4.74 Å². The molecule has 0 spiro atoms. The highest BCUT2D eigenvalue weighted by atomic mass is 35.5. The molecule has 1 rings (SSSR count). The molecule has 0 aliphatic heterocycles. The molecule has 0 saturated carbocycles. The Bertz CT molecular complexity index is 331. The van der Waals surface area contributed by atoms with E-state index in [1.807, 2.05) is 6.92 Å². The van der Waals surface area contributed by atoms with Crippen LogP contribution >= 0.6 is 11.6 Å². The fraction of sp³-hybridized carbons (Fsp3) is 0.500. The maximum atomic E-state index is 11.9. The number of hydrogen-bond acceptors (Lipinski definition) is 1. The molecular formula is C12H14ClF3O. The van der Waals surface area contributed by atoms with E-state index in [0.717, 1.165) is 18.4 Å². The minimum absolute atomic E-state index is 0.194. The topological polar surface area (TPSA) is 9.23 Å². The lowest BCUT2D eigenvalue weighted by Gasteiger charge is -2.12. The third-order valence-corrected chi connectivity index (χ3v) is 2.91. The van der Waals surface area contributed by atoms with E-state index < -0.39 is 6.36 Å². The predicted molar refractivity (Wildman–Crippen MR) is 61.3 cm³/mol. The van der Waals surface area contributed by atoms with Crippen molar-refractivity contribution in [1.29, 1.82) is 0 Å². The number of ether oxygens (including phenoxy) is 1. The van der Waals surface area contributed by atoms with E-state index in [0.29, 0.717) is 11.8 Å².